The number of hydrogen-bond donors (Lipinski definition) is 3. The first kappa shape index (κ1) is 10.9. The minimum absolute atomic E-state index is 0. The molecule has 0 spiro atoms. The van der Waals surface area contributed by atoms with Crippen LogP contribution in [0.4, 0.5) is 0 Å². The molecule has 6 heteroatoms. The van der Waals surface area contributed by atoms with E-state index in [0.717, 1.165) is 0 Å². The molecule has 0 radical (unpaired) electrons. The first-order valence-corrected chi connectivity index (χ1v) is 3.59. The predicted octanol–water partition coefficient (Wildman–Crippen LogP) is -0.264. The Balaban J connectivity index is 0. The number of rotatable bonds is 1. The maximum atomic E-state index is 10.4. The van der Waals surface area contributed by atoms with Crippen molar-refractivity contribution in [2.75, 3.05) is 14.1 Å². The molecule has 0 fully saturated rings. The minimum atomic E-state index is -2.90. The molecule has 0 aliphatic carbocycles. The molecule has 5 nitrogen and oxygen atoms in total. The van der Waals surface area contributed by atoms with E-state index in [-0.39, 0.29) is 6.15 Å². The van der Waals surface area contributed by atoms with Gasteiger partial charge in [-0.05, 0) is 14.1 Å². The van der Waals surface area contributed by atoms with Crippen LogP contribution in [0.3, 0.4) is 0 Å². The van der Waals surface area contributed by atoms with Crippen LogP contribution in [0.5, 0.6) is 0 Å². The third kappa shape index (κ3) is 4.23. The van der Waals surface area contributed by atoms with Crippen LogP contribution in [0.1, 0.15) is 0 Å². The first-order chi connectivity index (χ1) is 2.94. The van der Waals surface area contributed by atoms with Crippen LogP contribution in [-0.4, -0.2) is 18.8 Å². The highest BCUT2D eigenvalue weighted by Crippen LogP contribution is 2.25. The Morgan fingerprint density at radius 2 is 1.50 bits per heavy atom. The van der Waals surface area contributed by atoms with E-state index in [2.05, 4.69) is 0 Å². The number of nitrogens with two attached hydrogens (primary N) is 2. The van der Waals surface area contributed by atoms with Crippen molar-refractivity contribution in [3.05, 3.63) is 0 Å². The monoisotopic (exact) mass is 140 g/mol. The molecular weight excluding hydrogens is 127 g/mol. The van der Waals surface area contributed by atoms with Crippen molar-refractivity contribution in [3.63, 3.8) is 0 Å². The van der Waals surface area contributed by atoms with E-state index in [0.29, 0.717) is 0 Å². The van der Waals surface area contributed by atoms with Gasteiger partial charge in [-0.2, -0.15) is 0 Å². The molecule has 52 valence electrons. The van der Waals surface area contributed by atoms with Gasteiger partial charge in [-0.3, -0.25) is 15.6 Å². The van der Waals surface area contributed by atoms with Gasteiger partial charge in [-0.25, -0.2) is 4.67 Å². The fourth-order valence-electron chi connectivity index (χ4n) is 0. The van der Waals surface area contributed by atoms with Gasteiger partial charge in [0, 0.05) is 0 Å². The zero-order valence-electron chi connectivity index (χ0n) is 5.16. The summed E-state index contributed by atoms with van der Waals surface area (Å²) in [5, 5.41) is 0. The van der Waals surface area contributed by atoms with Crippen molar-refractivity contribution in [3.8, 4) is 0 Å². The average Bonchev–Trinajstić information content (AvgIpc) is 1.31. The highest BCUT2D eigenvalue weighted by molar-refractivity contribution is 7.56. The maximum Gasteiger partial charge on any atom is 0.275 e. The van der Waals surface area contributed by atoms with Gasteiger partial charge >= 0.3 is 0 Å². The first-order valence-electron chi connectivity index (χ1n) is 1.79. The number of hydrogen-bond acceptors (Lipinski definition) is 2. The van der Waals surface area contributed by atoms with E-state index in [9.17, 15) is 4.57 Å². The fraction of sp³-hybridized carbons (Fsp3) is 1.00. The third-order valence-corrected chi connectivity index (χ3v) is 1.88. The molecular formula is C2H13N4OP. The van der Waals surface area contributed by atoms with Gasteiger partial charge in [0.05, 0.1) is 0 Å². The average molecular weight is 140 g/mol. The Hall–Kier alpha value is 0.0700. The summed E-state index contributed by atoms with van der Waals surface area (Å²) >= 11 is 0. The van der Waals surface area contributed by atoms with E-state index in [4.69, 9.17) is 11.0 Å². The summed E-state index contributed by atoms with van der Waals surface area (Å²) in [5.74, 6) is 0. The Morgan fingerprint density at radius 3 is 1.50 bits per heavy atom. The Morgan fingerprint density at radius 1 is 1.38 bits per heavy atom. The third-order valence-electron chi connectivity index (χ3n) is 0.625. The van der Waals surface area contributed by atoms with Gasteiger partial charge in [-0.15, -0.1) is 0 Å². The molecule has 0 aromatic carbocycles. The highest BCUT2D eigenvalue weighted by atomic mass is 31.2. The van der Waals surface area contributed by atoms with Gasteiger partial charge in [0.1, 0.15) is 0 Å². The molecule has 0 saturated carbocycles. The second-order valence-corrected chi connectivity index (χ2v) is 3.66. The zero-order chi connectivity index (χ0) is 6.08. The summed E-state index contributed by atoms with van der Waals surface area (Å²) in [6, 6.07) is 0. The second kappa shape index (κ2) is 3.17. The summed E-state index contributed by atoms with van der Waals surface area (Å²) < 4.78 is 11.7. The van der Waals surface area contributed by atoms with Crippen LogP contribution >= 0.6 is 7.59 Å². The van der Waals surface area contributed by atoms with Crippen molar-refractivity contribution in [2.45, 2.75) is 0 Å². The van der Waals surface area contributed by atoms with Gasteiger partial charge in [0.2, 0.25) is 0 Å². The smallest absolute Gasteiger partial charge is 0.275 e. The van der Waals surface area contributed by atoms with Crippen LogP contribution < -0.4 is 17.2 Å². The Bertz CT molecular complexity index is 96.2. The summed E-state index contributed by atoms with van der Waals surface area (Å²) in [7, 11) is 0.236. The van der Waals surface area contributed by atoms with E-state index >= 15 is 0 Å². The van der Waals surface area contributed by atoms with Crippen molar-refractivity contribution < 1.29 is 4.57 Å². The van der Waals surface area contributed by atoms with Crippen molar-refractivity contribution >= 4 is 7.59 Å². The quantitative estimate of drug-likeness (QED) is 0.435. The molecule has 7 N–H and O–H groups in total. The molecule has 0 aromatic rings. The molecule has 0 bridgehead atoms. The van der Waals surface area contributed by atoms with E-state index < -0.39 is 7.59 Å². The van der Waals surface area contributed by atoms with Gasteiger partial charge < -0.3 is 6.15 Å². The van der Waals surface area contributed by atoms with Crippen LogP contribution in [0, 0.1) is 0 Å². The SMILES string of the molecule is CN(C)P(N)(N)=O.N. The zero-order valence-corrected chi connectivity index (χ0v) is 6.06. The largest absolute Gasteiger partial charge is 0.344 e. The van der Waals surface area contributed by atoms with Crippen molar-refractivity contribution in [2.24, 2.45) is 11.0 Å². The van der Waals surface area contributed by atoms with Gasteiger partial charge in [0.15, 0.2) is 0 Å². The molecule has 0 aliphatic rings. The molecule has 0 saturated heterocycles. The maximum absolute atomic E-state index is 10.4. The topological polar surface area (TPSA) is 107 Å². The molecule has 0 aliphatic heterocycles. The lowest BCUT2D eigenvalue weighted by molar-refractivity contribution is 0.517. The minimum Gasteiger partial charge on any atom is -0.344 e. The van der Waals surface area contributed by atoms with E-state index in [1.807, 2.05) is 0 Å². The molecule has 0 atom stereocenters. The van der Waals surface area contributed by atoms with Crippen molar-refractivity contribution in [1.82, 2.24) is 10.8 Å². The lowest BCUT2D eigenvalue weighted by Crippen LogP contribution is -2.20. The predicted molar refractivity (Wildman–Crippen MR) is 34.7 cm³/mol. The molecule has 0 amide bonds. The molecule has 8 heavy (non-hydrogen) atoms. The lowest BCUT2D eigenvalue weighted by Gasteiger charge is -2.12. The van der Waals surface area contributed by atoms with E-state index in [1.165, 1.54) is 4.67 Å². The van der Waals surface area contributed by atoms with Crippen LogP contribution in [0.25, 0.3) is 0 Å². The van der Waals surface area contributed by atoms with E-state index in [1.54, 1.807) is 14.1 Å². The number of nitrogens with zero attached hydrogens (tertiary/aromatic N) is 1. The second-order valence-electron chi connectivity index (χ2n) is 1.52. The highest BCUT2D eigenvalue weighted by Gasteiger charge is 2.08. The standard InChI is InChI=1S/C2H10N3OP.H3N/c1-5(2)7(3,4)6;/h1-2H3,(H4,3,4,6);1H3. The summed E-state index contributed by atoms with van der Waals surface area (Å²) in [4.78, 5) is 0. The molecule has 0 aromatic heterocycles. The van der Waals surface area contributed by atoms with Gasteiger partial charge in [0.25, 0.3) is 7.59 Å². The lowest BCUT2D eigenvalue weighted by atomic mass is 11.3. The summed E-state index contributed by atoms with van der Waals surface area (Å²) in [6.07, 6.45) is 0. The Labute approximate surface area is 49.1 Å². The normalized spacial score (nSPS) is 11.1. The summed E-state index contributed by atoms with van der Waals surface area (Å²) in [6.45, 7) is 0. The van der Waals surface area contributed by atoms with Crippen molar-refractivity contribution in [1.29, 1.82) is 0 Å². The van der Waals surface area contributed by atoms with Gasteiger partial charge in [-0.1, -0.05) is 0 Å². The summed E-state index contributed by atoms with van der Waals surface area (Å²) in [5.41, 5.74) is 9.88. The molecule has 0 unspecified atom stereocenters. The van der Waals surface area contributed by atoms with Crippen LogP contribution in [0.2, 0.25) is 0 Å². The fourth-order valence-corrected chi connectivity index (χ4v) is 0. The van der Waals surface area contributed by atoms with Crippen LogP contribution in [0.15, 0.2) is 0 Å². The molecule has 0 heterocycles. The van der Waals surface area contributed by atoms with Crippen LogP contribution in [-0.2, 0) is 4.57 Å². The molecule has 0 rings (SSSR count). The Kier molecular flexibility index (Phi) is 4.33.